The maximum absolute atomic E-state index is 13.7. The lowest BCUT2D eigenvalue weighted by Gasteiger charge is -2.12. The minimum Gasteiger partial charge on any atom is -0.480 e. The molecule has 0 radical (unpaired) electrons. The summed E-state index contributed by atoms with van der Waals surface area (Å²) in [7, 11) is 1.67. The molecule has 0 saturated carbocycles. The van der Waals surface area contributed by atoms with E-state index in [1.165, 1.54) is 23.5 Å². The molecule has 9 heteroatoms. The van der Waals surface area contributed by atoms with Gasteiger partial charge < -0.3 is 15.3 Å². The summed E-state index contributed by atoms with van der Waals surface area (Å²) in [5.41, 5.74) is 1.30. The molecule has 0 spiro atoms. The Kier molecular flexibility index (Phi) is 5.59. The number of carboxylic acids is 1. The molecule has 0 amide bonds. The van der Waals surface area contributed by atoms with Crippen LogP contribution in [0.2, 0.25) is 0 Å². The fourth-order valence-corrected chi connectivity index (χ4v) is 3.50. The predicted molar refractivity (Wildman–Crippen MR) is 105 cm³/mol. The number of nitrogens with one attached hydrogen (secondary N) is 1. The summed E-state index contributed by atoms with van der Waals surface area (Å²) in [5.74, 6) is -0.0402. The number of halogens is 1. The van der Waals surface area contributed by atoms with E-state index in [2.05, 4.69) is 29.2 Å². The van der Waals surface area contributed by atoms with Crippen molar-refractivity contribution in [2.45, 2.75) is 20.3 Å². The van der Waals surface area contributed by atoms with Crippen molar-refractivity contribution >= 4 is 33.2 Å². The lowest BCUT2D eigenvalue weighted by molar-refractivity contribution is -0.135. The number of nitrogens with zero attached hydrogens (tertiary/aromatic N) is 4. The van der Waals surface area contributed by atoms with Crippen molar-refractivity contribution in [2.75, 3.05) is 30.4 Å². The van der Waals surface area contributed by atoms with E-state index in [-0.39, 0.29) is 12.4 Å². The second-order valence-corrected chi connectivity index (χ2v) is 7.69. The summed E-state index contributed by atoms with van der Waals surface area (Å²) in [6.45, 7) is 4.86. The standard InChI is InChI=1S/C18H22FN5O2S/c1-11(2)7-8-20-16-15(12-5-4-6-13(19)9-12)21-17-24(16)22-18(27-17)23(3)10-14(25)26/h4-6,9,11,20H,7-8,10H2,1-3H3,(H,25,26). The highest BCUT2D eigenvalue weighted by Crippen LogP contribution is 2.33. The van der Waals surface area contributed by atoms with Crippen molar-refractivity contribution in [3.8, 4) is 11.3 Å². The first-order valence-electron chi connectivity index (χ1n) is 8.67. The lowest BCUT2D eigenvalue weighted by Crippen LogP contribution is -2.25. The van der Waals surface area contributed by atoms with E-state index in [4.69, 9.17) is 5.11 Å². The predicted octanol–water partition coefficient (Wildman–Crippen LogP) is 3.58. The zero-order chi connectivity index (χ0) is 19.6. The number of carboxylic acid groups (broad SMARTS) is 1. The number of anilines is 2. The molecule has 0 unspecified atom stereocenters. The molecule has 3 aromatic rings. The molecule has 144 valence electrons. The highest BCUT2D eigenvalue weighted by Gasteiger charge is 2.20. The van der Waals surface area contributed by atoms with Gasteiger partial charge in [0, 0.05) is 19.2 Å². The van der Waals surface area contributed by atoms with Crippen LogP contribution in [-0.4, -0.2) is 45.8 Å². The van der Waals surface area contributed by atoms with Crippen molar-refractivity contribution in [1.82, 2.24) is 14.6 Å². The number of aliphatic carboxylic acids is 1. The quantitative estimate of drug-likeness (QED) is 0.611. The number of aromatic nitrogens is 3. The van der Waals surface area contributed by atoms with Gasteiger partial charge in [0.15, 0.2) is 5.82 Å². The molecule has 2 N–H and O–H groups in total. The van der Waals surface area contributed by atoms with Crippen LogP contribution >= 0.6 is 11.3 Å². The van der Waals surface area contributed by atoms with E-state index in [9.17, 15) is 9.18 Å². The van der Waals surface area contributed by atoms with Gasteiger partial charge in [-0.25, -0.2) is 9.37 Å². The first-order chi connectivity index (χ1) is 12.8. The van der Waals surface area contributed by atoms with Gasteiger partial charge in [-0.15, -0.1) is 5.10 Å². The molecule has 0 aliphatic heterocycles. The molecule has 0 aliphatic rings. The molecule has 0 fully saturated rings. The van der Waals surface area contributed by atoms with Gasteiger partial charge in [0.1, 0.15) is 18.1 Å². The third kappa shape index (κ3) is 4.36. The molecule has 27 heavy (non-hydrogen) atoms. The highest BCUT2D eigenvalue weighted by molar-refractivity contribution is 7.20. The first kappa shape index (κ1) is 19.1. The SMILES string of the molecule is CC(C)CCNc1c(-c2cccc(F)c2)nc2sc(N(C)CC(=O)O)nn12. The lowest BCUT2D eigenvalue weighted by atomic mass is 10.1. The summed E-state index contributed by atoms with van der Waals surface area (Å²) >= 11 is 1.29. The third-order valence-electron chi connectivity index (χ3n) is 4.00. The molecule has 0 aliphatic carbocycles. The van der Waals surface area contributed by atoms with Gasteiger partial charge in [-0.05, 0) is 24.5 Å². The number of imidazole rings is 1. The minimum atomic E-state index is -0.930. The molecule has 0 atom stereocenters. The highest BCUT2D eigenvalue weighted by atomic mass is 32.1. The van der Waals surface area contributed by atoms with E-state index in [1.54, 1.807) is 28.6 Å². The van der Waals surface area contributed by atoms with E-state index < -0.39 is 5.97 Å². The van der Waals surface area contributed by atoms with Crippen LogP contribution in [0.25, 0.3) is 16.2 Å². The third-order valence-corrected chi connectivity index (χ3v) is 5.03. The fraction of sp³-hybridized carbons (Fsp3) is 0.389. The summed E-state index contributed by atoms with van der Waals surface area (Å²) < 4.78 is 15.4. The molecular weight excluding hydrogens is 369 g/mol. The second-order valence-electron chi connectivity index (χ2n) is 6.76. The molecule has 0 bridgehead atoms. The monoisotopic (exact) mass is 391 g/mol. The average Bonchev–Trinajstić information content (AvgIpc) is 3.13. The van der Waals surface area contributed by atoms with E-state index in [1.807, 2.05) is 0 Å². The normalized spacial score (nSPS) is 11.3. The number of hydrogen-bond donors (Lipinski definition) is 2. The van der Waals surface area contributed by atoms with Crippen LogP contribution in [-0.2, 0) is 4.79 Å². The number of carbonyl (C=O) groups is 1. The Labute approximate surface area is 160 Å². The van der Waals surface area contributed by atoms with Crippen molar-refractivity contribution in [1.29, 1.82) is 0 Å². The minimum absolute atomic E-state index is 0.149. The van der Waals surface area contributed by atoms with Crippen molar-refractivity contribution < 1.29 is 14.3 Å². The Balaban J connectivity index is 2.01. The number of rotatable bonds is 8. The van der Waals surface area contributed by atoms with Gasteiger partial charge in [-0.3, -0.25) is 4.79 Å². The molecule has 1 aromatic carbocycles. The Morgan fingerprint density at radius 2 is 2.22 bits per heavy atom. The molecule has 2 heterocycles. The number of benzene rings is 1. The van der Waals surface area contributed by atoms with Crippen molar-refractivity contribution in [3.63, 3.8) is 0 Å². The van der Waals surface area contributed by atoms with Crippen LogP contribution in [0.5, 0.6) is 0 Å². The van der Waals surface area contributed by atoms with Crippen LogP contribution in [0.1, 0.15) is 20.3 Å². The van der Waals surface area contributed by atoms with Crippen LogP contribution < -0.4 is 10.2 Å². The van der Waals surface area contributed by atoms with Crippen LogP contribution in [0.3, 0.4) is 0 Å². The van der Waals surface area contributed by atoms with Crippen molar-refractivity contribution in [3.05, 3.63) is 30.1 Å². The molecule has 3 rings (SSSR count). The van der Waals surface area contributed by atoms with Crippen molar-refractivity contribution in [2.24, 2.45) is 5.92 Å². The fourth-order valence-electron chi connectivity index (χ4n) is 2.64. The Hall–Kier alpha value is -2.68. The van der Waals surface area contributed by atoms with E-state index >= 15 is 0 Å². The maximum atomic E-state index is 13.7. The van der Waals surface area contributed by atoms with Crippen LogP contribution in [0.4, 0.5) is 15.3 Å². The maximum Gasteiger partial charge on any atom is 0.323 e. The van der Waals surface area contributed by atoms with Crippen LogP contribution in [0.15, 0.2) is 24.3 Å². The zero-order valence-corrected chi connectivity index (χ0v) is 16.3. The average molecular weight is 391 g/mol. The smallest absolute Gasteiger partial charge is 0.323 e. The molecule has 2 aromatic heterocycles. The summed E-state index contributed by atoms with van der Waals surface area (Å²) in [6.07, 6.45) is 0.964. The van der Waals surface area contributed by atoms with Crippen LogP contribution in [0, 0.1) is 11.7 Å². The van der Waals surface area contributed by atoms with Gasteiger partial charge in [-0.1, -0.05) is 37.3 Å². The number of fused-ring (bicyclic) bond motifs is 1. The summed E-state index contributed by atoms with van der Waals surface area (Å²) in [6, 6.07) is 6.29. The molecular formula is C18H22FN5O2S. The van der Waals surface area contributed by atoms with E-state index in [0.717, 1.165) is 13.0 Å². The van der Waals surface area contributed by atoms with Gasteiger partial charge in [0.25, 0.3) is 0 Å². The van der Waals surface area contributed by atoms with Gasteiger partial charge >= 0.3 is 5.97 Å². The zero-order valence-electron chi connectivity index (χ0n) is 15.4. The number of hydrogen-bond acceptors (Lipinski definition) is 6. The molecule has 0 saturated heterocycles. The Bertz CT molecular complexity index is 953. The van der Waals surface area contributed by atoms with E-state index in [0.29, 0.717) is 33.1 Å². The topological polar surface area (TPSA) is 82.8 Å². The second kappa shape index (κ2) is 7.91. The van der Waals surface area contributed by atoms with Gasteiger partial charge in [0.05, 0.1) is 0 Å². The summed E-state index contributed by atoms with van der Waals surface area (Å²) in [4.78, 5) is 17.7. The van der Waals surface area contributed by atoms with Gasteiger partial charge in [-0.2, -0.15) is 4.52 Å². The number of likely N-dealkylation sites (N-methyl/N-ethyl adjacent to an activating group) is 1. The van der Waals surface area contributed by atoms with Gasteiger partial charge in [0.2, 0.25) is 10.1 Å². The Morgan fingerprint density at radius 1 is 1.44 bits per heavy atom. The Morgan fingerprint density at radius 3 is 2.89 bits per heavy atom. The largest absolute Gasteiger partial charge is 0.480 e. The molecule has 7 nitrogen and oxygen atoms in total. The first-order valence-corrected chi connectivity index (χ1v) is 9.49. The summed E-state index contributed by atoms with van der Waals surface area (Å²) in [5, 5.41) is 17.4.